The number of nitrogens with zero attached hydrogens (tertiary/aromatic N) is 1. The Morgan fingerprint density at radius 1 is 1.12 bits per heavy atom. The van der Waals surface area contributed by atoms with Crippen molar-refractivity contribution in [1.82, 2.24) is 10.2 Å². The van der Waals surface area contributed by atoms with Crippen molar-refractivity contribution in [2.75, 3.05) is 24.4 Å². The molecule has 0 saturated carbocycles. The number of anilines is 1. The summed E-state index contributed by atoms with van der Waals surface area (Å²) in [6, 6.07) is 11.7. The summed E-state index contributed by atoms with van der Waals surface area (Å²) in [5, 5.41) is 2.99. The summed E-state index contributed by atoms with van der Waals surface area (Å²) in [5.74, 6) is 0.0841. The maximum atomic E-state index is 13.2. The summed E-state index contributed by atoms with van der Waals surface area (Å²) in [4.78, 5) is 27.6. The number of likely N-dealkylation sites (tertiary alicyclic amines) is 1. The minimum atomic E-state index is -3.79. The minimum absolute atomic E-state index is 0.00636. The predicted octanol–water partition coefficient (Wildman–Crippen LogP) is 4.12. The maximum absolute atomic E-state index is 13.2. The number of piperidine rings is 1. The Morgan fingerprint density at radius 3 is 2.59 bits per heavy atom. The van der Waals surface area contributed by atoms with E-state index in [0.29, 0.717) is 42.4 Å². The van der Waals surface area contributed by atoms with E-state index < -0.39 is 10.0 Å². The topological polar surface area (TPSA) is 95.6 Å². The van der Waals surface area contributed by atoms with E-state index in [9.17, 15) is 18.0 Å². The lowest BCUT2D eigenvalue weighted by molar-refractivity contribution is -0.126. The van der Waals surface area contributed by atoms with Crippen molar-refractivity contribution < 1.29 is 18.0 Å². The lowest BCUT2D eigenvalue weighted by Crippen LogP contribution is -2.45. The van der Waals surface area contributed by atoms with Crippen molar-refractivity contribution in [3.8, 4) is 0 Å². The smallest absolute Gasteiger partial charge is 0.262 e. The molecule has 2 amide bonds. The molecule has 34 heavy (non-hydrogen) atoms. The van der Waals surface area contributed by atoms with Gasteiger partial charge in [-0.15, -0.1) is 0 Å². The molecule has 2 N–H and O–H groups in total. The number of sulfonamides is 1. The van der Waals surface area contributed by atoms with Crippen LogP contribution in [0.15, 0.2) is 47.4 Å². The first-order chi connectivity index (χ1) is 16.1. The molecule has 0 bridgehead atoms. The van der Waals surface area contributed by atoms with Crippen LogP contribution in [0, 0.1) is 25.7 Å². The molecule has 7 nitrogen and oxygen atoms in total. The van der Waals surface area contributed by atoms with Crippen molar-refractivity contribution in [3.63, 3.8) is 0 Å². The standard InChI is InChI=1S/C26H35N3O4S/c1-18(2)12-13-27-25(30)22-8-6-14-29(17-22)26(31)21-7-5-9-23(16-21)28-34(32,33)24-11-10-19(3)15-20(24)4/h5,7,9-11,15-16,18,22,28H,6,8,12-14,17H2,1-4H3,(H,27,30)/t22-/m1/s1. The van der Waals surface area contributed by atoms with Gasteiger partial charge in [0.2, 0.25) is 5.91 Å². The fourth-order valence-corrected chi connectivity index (χ4v) is 5.49. The Morgan fingerprint density at radius 2 is 1.88 bits per heavy atom. The van der Waals surface area contributed by atoms with Gasteiger partial charge in [0.25, 0.3) is 15.9 Å². The molecule has 8 heteroatoms. The third-order valence-corrected chi connectivity index (χ3v) is 7.62. The van der Waals surface area contributed by atoms with Crippen LogP contribution >= 0.6 is 0 Å². The second-order valence-corrected chi connectivity index (χ2v) is 11.2. The molecule has 0 radical (unpaired) electrons. The number of nitrogens with one attached hydrogen (secondary N) is 2. The summed E-state index contributed by atoms with van der Waals surface area (Å²) >= 11 is 0. The molecule has 1 saturated heterocycles. The van der Waals surface area contributed by atoms with Gasteiger partial charge in [0.05, 0.1) is 10.8 Å². The largest absolute Gasteiger partial charge is 0.356 e. The first kappa shape index (κ1) is 25.7. The zero-order chi connectivity index (χ0) is 24.9. The number of aryl methyl sites for hydroxylation is 2. The number of amides is 2. The summed E-state index contributed by atoms with van der Waals surface area (Å²) in [7, 11) is -3.79. The third kappa shape index (κ3) is 6.59. The van der Waals surface area contributed by atoms with Crippen LogP contribution in [0.2, 0.25) is 0 Å². The monoisotopic (exact) mass is 485 g/mol. The summed E-state index contributed by atoms with van der Waals surface area (Å²) in [5.41, 5.74) is 2.36. The number of carbonyl (C=O) groups is 2. The van der Waals surface area contributed by atoms with Crippen LogP contribution in [0.5, 0.6) is 0 Å². The van der Waals surface area contributed by atoms with Crippen molar-refractivity contribution in [3.05, 3.63) is 59.2 Å². The molecular weight excluding hydrogens is 450 g/mol. The number of hydrogen-bond donors (Lipinski definition) is 2. The molecule has 184 valence electrons. The van der Waals surface area contributed by atoms with Gasteiger partial charge < -0.3 is 10.2 Å². The van der Waals surface area contributed by atoms with Gasteiger partial charge in [-0.1, -0.05) is 37.6 Å². The van der Waals surface area contributed by atoms with Gasteiger partial charge in [-0.05, 0) is 68.9 Å². The third-order valence-electron chi connectivity index (χ3n) is 6.08. The van der Waals surface area contributed by atoms with Gasteiger partial charge >= 0.3 is 0 Å². The number of hydrogen-bond acceptors (Lipinski definition) is 4. The van der Waals surface area contributed by atoms with Crippen molar-refractivity contribution in [2.24, 2.45) is 11.8 Å². The summed E-state index contributed by atoms with van der Waals surface area (Å²) in [6.45, 7) is 9.48. The molecule has 0 spiro atoms. The molecule has 1 aliphatic heterocycles. The van der Waals surface area contributed by atoms with Crippen molar-refractivity contribution in [1.29, 1.82) is 0 Å². The van der Waals surface area contributed by atoms with E-state index in [1.807, 2.05) is 13.0 Å². The van der Waals surface area contributed by atoms with Crippen molar-refractivity contribution in [2.45, 2.75) is 51.9 Å². The van der Waals surface area contributed by atoms with E-state index in [1.54, 1.807) is 48.2 Å². The lowest BCUT2D eigenvalue weighted by atomic mass is 9.96. The van der Waals surface area contributed by atoms with Gasteiger partial charge in [0.15, 0.2) is 0 Å². The number of carbonyl (C=O) groups excluding carboxylic acids is 2. The summed E-state index contributed by atoms with van der Waals surface area (Å²) in [6.07, 6.45) is 2.44. The van der Waals surface area contributed by atoms with Crippen LogP contribution in [0.1, 0.15) is 54.6 Å². The summed E-state index contributed by atoms with van der Waals surface area (Å²) < 4.78 is 28.4. The molecule has 0 aromatic heterocycles. The second-order valence-electron chi connectivity index (χ2n) is 9.52. The quantitative estimate of drug-likeness (QED) is 0.588. The predicted molar refractivity (Wildman–Crippen MR) is 134 cm³/mol. The van der Waals surface area contributed by atoms with Crippen molar-refractivity contribution >= 4 is 27.5 Å². The Kier molecular flexibility index (Phi) is 8.36. The van der Waals surface area contributed by atoms with E-state index >= 15 is 0 Å². The Balaban J connectivity index is 1.69. The highest BCUT2D eigenvalue weighted by molar-refractivity contribution is 7.92. The zero-order valence-electron chi connectivity index (χ0n) is 20.4. The molecule has 1 atom stereocenters. The fourth-order valence-electron chi connectivity index (χ4n) is 4.21. The molecule has 0 unspecified atom stereocenters. The molecule has 0 aliphatic carbocycles. The fraction of sp³-hybridized carbons (Fsp3) is 0.462. The van der Waals surface area contributed by atoms with Crippen LogP contribution in [-0.4, -0.2) is 44.8 Å². The number of rotatable bonds is 8. The van der Waals surface area contributed by atoms with E-state index in [2.05, 4.69) is 23.9 Å². The molecule has 1 heterocycles. The average Bonchev–Trinajstić information content (AvgIpc) is 2.78. The van der Waals surface area contributed by atoms with Gasteiger partial charge in [-0.2, -0.15) is 0 Å². The van der Waals surface area contributed by atoms with Gasteiger partial charge in [0, 0.05) is 30.9 Å². The van der Waals surface area contributed by atoms with E-state index in [4.69, 9.17) is 0 Å². The van der Waals surface area contributed by atoms with Crippen LogP contribution < -0.4 is 10.0 Å². The van der Waals surface area contributed by atoms with Crippen LogP contribution in [0.25, 0.3) is 0 Å². The Bertz CT molecular complexity index is 1140. The van der Waals surface area contributed by atoms with Gasteiger partial charge in [-0.25, -0.2) is 8.42 Å². The number of benzene rings is 2. The average molecular weight is 486 g/mol. The molecular formula is C26H35N3O4S. The van der Waals surface area contributed by atoms with Crippen LogP contribution in [0.4, 0.5) is 5.69 Å². The molecule has 2 aromatic rings. The van der Waals surface area contributed by atoms with Crippen LogP contribution in [0.3, 0.4) is 0 Å². The highest BCUT2D eigenvalue weighted by atomic mass is 32.2. The van der Waals surface area contributed by atoms with E-state index in [0.717, 1.165) is 24.8 Å². The highest BCUT2D eigenvalue weighted by Gasteiger charge is 2.29. The first-order valence-corrected chi connectivity index (χ1v) is 13.3. The van der Waals surface area contributed by atoms with Gasteiger partial charge in [-0.3, -0.25) is 14.3 Å². The lowest BCUT2D eigenvalue weighted by Gasteiger charge is -2.32. The second kappa shape index (κ2) is 11.0. The van der Waals surface area contributed by atoms with Crippen LogP contribution in [-0.2, 0) is 14.8 Å². The maximum Gasteiger partial charge on any atom is 0.262 e. The van der Waals surface area contributed by atoms with E-state index in [-0.39, 0.29) is 22.6 Å². The molecule has 2 aromatic carbocycles. The van der Waals surface area contributed by atoms with Gasteiger partial charge in [0.1, 0.15) is 0 Å². The normalized spacial score (nSPS) is 16.4. The highest BCUT2D eigenvalue weighted by Crippen LogP contribution is 2.23. The molecule has 3 rings (SSSR count). The van der Waals surface area contributed by atoms with E-state index in [1.165, 1.54) is 0 Å². The zero-order valence-corrected chi connectivity index (χ0v) is 21.2. The Hall–Kier alpha value is -2.87. The molecule has 1 fully saturated rings. The minimum Gasteiger partial charge on any atom is -0.356 e. The first-order valence-electron chi connectivity index (χ1n) is 11.8. The SMILES string of the molecule is Cc1ccc(S(=O)(=O)Nc2cccc(C(=O)N3CCC[C@@H](C(=O)NCCC(C)C)C3)c2)c(C)c1. The Labute approximate surface area is 203 Å². The molecule has 1 aliphatic rings.